The summed E-state index contributed by atoms with van der Waals surface area (Å²) in [6.07, 6.45) is 3.67. The van der Waals surface area contributed by atoms with Crippen molar-refractivity contribution in [2.24, 2.45) is 0 Å². The molecular formula is C13H15ClN2. The van der Waals surface area contributed by atoms with Gasteiger partial charge in [0.25, 0.3) is 0 Å². The van der Waals surface area contributed by atoms with Gasteiger partial charge < -0.3 is 4.90 Å². The molecule has 1 atom stereocenters. The van der Waals surface area contributed by atoms with Crippen LogP contribution in [-0.2, 0) is 0 Å². The fraction of sp³-hybridized carbons (Fsp3) is 0.462. The van der Waals surface area contributed by atoms with Crippen LogP contribution in [0.15, 0.2) is 18.2 Å². The van der Waals surface area contributed by atoms with Gasteiger partial charge >= 0.3 is 0 Å². The summed E-state index contributed by atoms with van der Waals surface area (Å²) in [5.41, 5.74) is 1.71. The minimum absolute atomic E-state index is 0.499. The molecule has 0 saturated carbocycles. The van der Waals surface area contributed by atoms with Gasteiger partial charge in [-0.25, -0.2) is 0 Å². The minimum atomic E-state index is 0.499. The molecule has 0 aliphatic carbocycles. The fourth-order valence-electron chi connectivity index (χ4n) is 2.29. The molecule has 1 aromatic rings. The first kappa shape index (κ1) is 11.3. The molecule has 1 heterocycles. The van der Waals surface area contributed by atoms with Crippen LogP contribution in [0.1, 0.15) is 31.7 Å². The van der Waals surface area contributed by atoms with Crippen molar-refractivity contribution >= 4 is 17.3 Å². The van der Waals surface area contributed by atoms with Gasteiger partial charge in [0.05, 0.1) is 11.3 Å². The number of rotatable bonds is 1. The highest BCUT2D eigenvalue weighted by atomic mass is 35.5. The van der Waals surface area contributed by atoms with Gasteiger partial charge in [0.15, 0.2) is 0 Å². The van der Waals surface area contributed by atoms with Gasteiger partial charge in [0.1, 0.15) is 6.07 Å². The third-order valence-electron chi connectivity index (χ3n) is 3.19. The van der Waals surface area contributed by atoms with Crippen LogP contribution in [-0.4, -0.2) is 12.6 Å². The maximum Gasteiger partial charge on any atom is 0.101 e. The predicted octanol–water partition coefficient (Wildman–Crippen LogP) is 3.59. The average molecular weight is 235 g/mol. The number of anilines is 1. The molecule has 3 heteroatoms. The monoisotopic (exact) mass is 234 g/mol. The molecule has 1 unspecified atom stereocenters. The zero-order valence-corrected chi connectivity index (χ0v) is 10.2. The lowest BCUT2D eigenvalue weighted by Gasteiger charge is -2.36. The second-order valence-corrected chi connectivity index (χ2v) is 4.75. The number of halogens is 1. The minimum Gasteiger partial charge on any atom is -0.368 e. The molecule has 0 radical (unpaired) electrons. The molecule has 1 aliphatic heterocycles. The van der Waals surface area contributed by atoms with E-state index in [2.05, 4.69) is 17.9 Å². The smallest absolute Gasteiger partial charge is 0.101 e. The largest absolute Gasteiger partial charge is 0.368 e. The van der Waals surface area contributed by atoms with E-state index in [0.29, 0.717) is 11.1 Å². The van der Waals surface area contributed by atoms with Gasteiger partial charge in [0, 0.05) is 17.6 Å². The van der Waals surface area contributed by atoms with Crippen molar-refractivity contribution in [2.45, 2.75) is 32.2 Å². The number of nitrogens with zero attached hydrogens (tertiary/aromatic N) is 2. The molecule has 1 saturated heterocycles. The third kappa shape index (κ3) is 2.15. The Labute approximate surface area is 101 Å². The second kappa shape index (κ2) is 4.76. The number of hydrogen-bond donors (Lipinski definition) is 0. The summed E-state index contributed by atoms with van der Waals surface area (Å²) >= 11 is 6.00. The van der Waals surface area contributed by atoms with Crippen LogP contribution in [0.25, 0.3) is 0 Å². The van der Waals surface area contributed by atoms with Gasteiger partial charge in [-0.15, -0.1) is 0 Å². The van der Waals surface area contributed by atoms with Crippen molar-refractivity contribution in [2.75, 3.05) is 11.4 Å². The highest BCUT2D eigenvalue weighted by Crippen LogP contribution is 2.29. The van der Waals surface area contributed by atoms with Crippen LogP contribution in [0.3, 0.4) is 0 Å². The summed E-state index contributed by atoms with van der Waals surface area (Å²) < 4.78 is 0. The zero-order chi connectivity index (χ0) is 11.5. The lowest BCUT2D eigenvalue weighted by molar-refractivity contribution is 0.484. The topological polar surface area (TPSA) is 27.0 Å². The van der Waals surface area contributed by atoms with E-state index in [1.807, 2.05) is 6.07 Å². The average Bonchev–Trinajstić information content (AvgIpc) is 2.29. The molecule has 1 fully saturated rings. The molecule has 0 spiro atoms. The summed E-state index contributed by atoms with van der Waals surface area (Å²) in [6.45, 7) is 3.23. The van der Waals surface area contributed by atoms with Crippen LogP contribution in [0.2, 0.25) is 5.02 Å². The Morgan fingerprint density at radius 3 is 2.94 bits per heavy atom. The molecule has 0 bridgehead atoms. The maximum absolute atomic E-state index is 9.11. The summed E-state index contributed by atoms with van der Waals surface area (Å²) in [5, 5.41) is 9.81. The fourth-order valence-corrected chi connectivity index (χ4v) is 2.46. The van der Waals surface area contributed by atoms with Crippen molar-refractivity contribution < 1.29 is 0 Å². The van der Waals surface area contributed by atoms with Crippen LogP contribution >= 0.6 is 11.6 Å². The zero-order valence-electron chi connectivity index (χ0n) is 9.41. The SMILES string of the molecule is CC1CCCCN1c1cc(Cl)ccc1C#N. The van der Waals surface area contributed by atoms with Crippen molar-refractivity contribution in [3.8, 4) is 6.07 Å². The van der Waals surface area contributed by atoms with Gasteiger partial charge in [0.2, 0.25) is 0 Å². The van der Waals surface area contributed by atoms with Crippen molar-refractivity contribution in [3.63, 3.8) is 0 Å². The van der Waals surface area contributed by atoms with Crippen LogP contribution < -0.4 is 4.90 Å². The predicted molar refractivity (Wildman–Crippen MR) is 66.8 cm³/mol. The molecule has 2 nitrogen and oxygen atoms in total. The number of nitriles is 1. The molecule has 2 rings (SSSR count). The van der Waals surface area contributed by atoms with E-state index in [-0.39, 0.29) is 0 Å². The first-order valence-corrected chi connectivity index (χ1v) is 6.06. The molecule has 1 aromatic carbocycles. The molecular weight excluding hydrogens is 220 g/mol. The van der Waals surface area contributed by atoms with Crippen LogP contribution in [0.4, 0.5) is 5.69 Å². The standard InChI is InChI=1S/C13H15ClN2/c1-10-4-2-3-7-16(10)13-8-12(14)6-5-11(13)9-15/h5-6,8,10H,2-4,7H2,1H3. The van der Waals surface area contributed by atoms with Gasteiger partial charge in [-0.3, -0.25) is 0 Å². The number of hydrogen-bond acceptors (Lipinski definition) is 2. The van der Waals surface area contributed by atoms with Crippen molar-refractivity contribution in [1.82, 2.24) is 0 Å². The molecule has 16 heavy (non-hydrogen) atoms. The Bertz CT molecular complexity index is 422. The highest BCUT2D eigenvalue weighted by Gasteiger charge is 2.20. The first-order valence-electron chi connectivity index (χ1n) is 5.68. The van der Waals surface area contributed by atoms with Gasteiger partial charge in [-0.1, -0.05) is 11.6 Å². The Morgan fingerprint density at radius 1 is 1.44 bits per heavy atom. The summed E-state index contributed by atoms with van der Waals surface area (Å²) in [4.78, 5) is 2.30. The Hall–Kier alpha value is -1.20. The van der Waals surface area contributed by atoms with Crippen molar-refractivity contribution in [1.29, 1.82) is 5.26 Å². The normalized spacial score (nSPS) is 20.6. The molecule has 0 N–H and O–H groups in total. The van der Waals surface area contributed by atoms with E-state index in [1.165, 1.54) is 19.3 Å². The summed E-state index contributed by atoms with van der Waals surface area (Å²) in [5.74, 6) is 0. The maximum atomic E-state index is 9.11. The lowest BCUT2D eigenvalue weighted by Crippen LogP contribution is -2.37. The van der Waals surface area contributed by atoms with Gasteiger partial charge in [-0.05, 0) is 44.4 Å². The Balaban J connectivity index is 2.38. The van der Waals surface area contributed by atoms with E-state index in [0.717, 1.165) is 17.8 Å². The van der Waals surface area contributed by atoms with Crippen LogP contribution in [0.5, 0.6) is 0 Å². The molecule has 0 aromatic heterocycles. The molecule has 1 aliphatic rings. The summed E-state index contributed by atoms with van der Waals surface area (Å²) in [6, 6.07) is 8.22. The van der Waals surface area contributed by atoms with E-state index in [9.17, 15) is 0 Å². The third-order valence-corrected chi connectivity index (χ3v) is 3.43. The summed E-state index contributed by atoms with van der Waals surface area (Å²) in [7, 11) is 0. The van der Waals surface area contributed by atoms with E-state index < -0.39 is 0 Å². The lowest BCUT2D eigenvalue weighted by atomic mass is 10.0. The highest BCUT2D eigenvalue weighted by molar-refractivity contribution is 6.30. The number of benzene rings is 1. The van der Waals surface area contributed by atoms with E-state index in [1.54, 1.807) is 12.1 Å². The Kier molecular flexibility index (Phi) is 3.36. The van der Waals surface area contributed by atoms with E-state index >= 15 is 0 Å². The van der Waals surface area contributed by atoms with Crippen LogP contribution in [0, 0.1) is 11.3 Å². The quantitative estimate of drug-likeness (QED) is 0.743. The number of piperidine rings is 1. The molecule has 0 amide bonds. The Morgan fingerprint density at radius 2 is 2.25 bits per heavy atom. The molecule has 84 valence electrons. The second-order valence-electron chi connectivity index (χ2n) is 4.31. The van der Waals surface area contributed by atoms with Gasteiger partial charge in [-0.2, -0.15) is 5.26 Å². The van der Waals surface area contributed by atoms with E-state index in [4.69, 9.17) is 16.9 Å². The van der Waals surface area contributed by atoms with Crippen molar-refractivity contribution in [3.05, 3.63) is 28.8 Å². The first-order chi connectivity index (χ1) is 7.72.